The van der Waals surface area contributed by atoms with Crippen molar-refractivity contribution < 1.29 is 19.5 Å². The third-order valence-electron chi connectivity index (χ3n) is 6.26. The Morgan fingerprint density at radius 1 is 1.04 bits per heavy atom. The molecule has 6 heteroatoms. The van der Waals surface area contributed by atoms with Crippen LogP contribution in [0.1, 0.15) is 90.4 Å². The normalized spacial score (nSPS) is 25.2. The van der Waals surface area contributed by atoms with E-state index in [0.29, 0.717) is 11.8 Å². The first-order valence-electron chi connectivity index (χ1n) is 10.8. The van der Waals surface area contributed by atoms with Crippen LogP contribution in [0.3, 0.4) is 0 Å². The molecular formula is C21H36N2O4. The van der Waals surface area contributed by atoms with Crippen LogP contribution in [0.5, 0.6) is 0 Å². The minimum Gasteiger partial charge on any atom is -0.481 e. The Hall–Kier alpha value is -1.59. The molecule has 1 saturated carbocycles. The van der Waals surface area contributed by atoms with Crippen molar-refractivity contribution >= 4 is 17.9 Å². The van der Waals surface area contributed by atoms with Gasteiger partial charge in [-0.3, -0.25) is 14.9 Å². The van der Waals surface area contributed by atoms with Gasteiger partial charge < -0.3 is 10.0 Å². The molecule has 0 aromatic rings. The van der Waals surface area contributed by atoms with Crippen LogP contribution in [-0.4, -0.2) is 40.5 Å². The number of imide groups is 1. The number of urea groups is 1. The molecule has 154 valence electrons. The standard InChI is InChI=1S/C21H36N2O4/c1-2-3-4-5-7-10-16-13-14-18(23-15-19(24)22-21(23)27)17(16)11-8-6-9-12-20(25)26/h16-18H,2-15H2,1H3,(H,25,26)(H,22,24,27). The third-order valence-corrected chi connectivity index (χ3v) is 6.26. The van der Waals surface area contributed by atoms with Crippen molar-refractivity contribution in [2.75, 3.05) is 6.54 Å². The Bertz CT molecular complexity index is 508. The summed E-state index contributed by atoms with van der Waals surface area (Å²) in [4.78, 5) is 36.2. The van der Waals surface area contributed by atoms with Crippen molar-refractivity contribution in [2.45, 2.75) is 96.4 Å². The van der Waals surface area contributed by atoms with Crippen LogP contribution in [0.2, 0.25) is 0 Å². The summed E-state index contributed by atoms with van der Waals surface area (Å²) < 4.78 is 0. The van der Waals surface area contributed by atoms with Gasteiger partial charge >= 0.3 is 12.0 Å². The number of carbonyl (C=O) groups excluding carboxylic acids is 2. The predicted octanol–water partition coefficient (Wildman–Crippen LogP) is 4.33. The fraction of sp³-hybridized carbons (Fsp3) is 0.857. The SMILES string of the molecule is CCCCCCCC1CCC(N2CC(=O)NC2=O)C1CCCCCC(=O)O. The highest BCUT2D eigenvalue weighted by Crippen LogP contribution is 2.42. The first kappa shape index (κ1) is 21.7. The summed E-state index contributed by atoms with van der Waals surface area (Å²) in [7, 11) is 0. The zero-order chi connectivity index (χ0) is 19.6. The number of carboxylic acid groups (broad SMARTS) is 1. The molecule has 0 aromatic heterocycles. The molecule has 3 unspecified atom stereocenters. The van der Waals surface area contributed by atoms with Gasteiger partial charge in [-0.1, -0.05) is 58.3 Å². The van der Waals surface area contributed by atoms with Crippen LogP contribution in [-0.2, 0) is 9.59 Å². The van der Waals surface area contributed by atoms with Crippen molar-refractivity contribution in [1.29, 1.82) is 0 Å². The highest BCUT2D eigenvalue weighted by Gasteiger charge is 2.43. The van der Waals surface area contributed by atoms with E-state index in [1.807, 2.05) is 0 Å². The van der Waals surface area contributed by atoms with E-state index in [0.717, 1.165) is 38.5 Å². The average Bonchev–Trinajstić information content (AvgIpc) is 3.16. The minimum atomic E-state index is -0.731. The van der Waals surface area contributed by atoms with Gasteiger partial charge in [0.05, 0.1) is 0 Å². The number of amides is 3. The zero-order valence-corrected chi connectivity index (χ0v) is 16.8. The summed E-state index contributed by atoms with van der Waals surface area (Å²) in [6, 6.07) is -0.0685. The summed E-state index contributed by atoms with van der Waals surface area (Å²) in [5.74, 6) is 0.145. The maximum atomic E-state index is 12.1. The second-order valence-electron chi connectivity index (χ2n) is 8.25. The molecule has 3 atom stereocenters. The highest BCUT2D eigenvalue weighted by atomic mass is 16.4. The molecule has 2 aliphatic rings. The van der Waals surface area contributed by atoms with Gasteiger partial charge in [-0.15, -0.1) is 0 Å². The van der Waals surface area contributed by atoms with E-state index in [4.69, 9.17) is 5.11 Å². The molecule has 1 aliphatic carbocycles. The summed E-state index contributed by atoms with van der Waals surface area (Å²) in [6.07, 6.45) is 13.6. The quantitative estimate of drug-likeness (QED) is 0.368. The molecular weight excluding hydrogens is 344 g/mol. The first-order chi connectivity index (χ1) is 13.0. The van der Waals surface area contributed by atoms with Gasteiger partial charge in [0, 0.05) is 12.5 Å². The van der Waals surface area contributed by atoms with E-state index in [1.165, 1.54) is 38.5 Å². The molecule has 0 spiro atoms. The van der Waals surface area contributed by atoms with Crippen LogP contribution in [0.4, 0.5) is 4.79 Å². The molecule has 0 radical (unpaired) electrons. The lowest BCUT2D eigenvalue weighted by Crippen LogP contribution is -2.41. The molecule has 1 saturated heterocycles. The van der Waals surface area contributed by atoms with Crippen molar-refractivity contribution in [3.05, 3.63) is 0 Å². The van der Waals surface area contributed by atoms with Crippen molar-refractivity contribution in [3.63, 3.8) is 0 Å². The van der Waals surface area contributed by atoms with Gasteiger partial charge in [0.2, 0.25) is 5.91 Å². The lowest BCUT2D eigenvalue weighted by Gasteiger charge is -2.31. The number of nitrogens with zero attached hydrogens (tertiary/aromatic N) is 1. The molecule has 0 aromatic carbocycles. The largest absolute Gasteiger partial charge is 0.481 e. The van der Waals surface area contributed by atoms with E-state index >= 15 is 0 Å². The fourth-order valence-corrected chi connectivity index (χ4v) is 4.87. The van der Waals surface area contributed by atoms with E-state index in [9.17, 15) is 14.4 Å². The fourth-order valence-electron chi connectivity index (χ4n) is 4.87. The van der Waals surface area contributed by atoms with Gasteiger partial charge in [0.25, 0.3) is 0 Å². The third kappa shape index (κ3) is 6.82. The number of hydrogen-bond donors (Lipinski definition) is 2. The zero-order valence-electron chi connectivity index (χ0n) is 16.8. The summed E-state index contributed by atoms with van der Waals surface area (Å²) >= 11 is 0. The molecule has 6 nitrogen and oxygen atoms in total. The van der Waals surface area contributed by atoms with Crippen molar-refractivity contribution in [1.82, 2.24) is 10.2 Å². The first-order valence-corrected chi connectivity index (χ1v) is 10.8. The molecule has 2 N–H and O–H groups in total. The van der Waals surface area contributed by atoms with Crippen LogP contribution in [0, 0.1) is 11.8 Å². The van der Waals surface area contributed by atoms with Crippen LogP contribution >= 0.6 is 0 Å². The second kappa shape index (κ2) is 11.3. The van der Waals surface area contributed by atoms with Gasteiger partial charge in [-0.25, -0.2) is 4.79 Å². The number of rotatable bonds is 13. The second-order valence-corrected chi connectivity index (χ2v) is 8.25. The summed E-state index contributed by atoms with van der Waals surface area (Å²) in [5, 5.41) is 11.2. The molecule has 0 bridgehead atoms. The molecule has 27 heavy (non-hydrogen) atoms. The number of carboxylic acids is 1. The average molecular weight is 381 g/mol. The van der Waals surface area contributed by atoms with E-state index in [1.54, 1.807) is 4.90 Å². The number of aliphatic carboxylic acids is 1. The minimum absolute atomic E-state index is 0.163. The van der Waals surface area contributed by atoms with Gasteiger partial charge in [-0.05, 0) is 37.5 Å². The summed E-state index contributed by atoms with van der Waals surface area (Å²) in [5.41, 5.74) is 0. The molecule has 1 heterocycles. The lowest BCUT2D eigenvalue weighted by atomic mass is 9.84. The van der Waals surface area contributed by atoms with Crippen molar-refractivity contribution in [3.8, 4) is 0 Å². The monoisotopic (exact) mass is 380 g/mol. The van der Waals surface area contributed by atoms with Crippen molar-refractivity contribution in [2.24, 2.45) is 11.8 Å². The Labute approximate surface area is 163 Å². The molecule has 3 amide bonds. The Kier molecular flexibility index (Phi) is 9.08. The topological polar surface area (TPSA) is 86.7 Å². The Morgan fingerprint density at radius 3 is 2.41 bits per heavy atom. The van der Waals surface area contributed by atoms with Crippen LogP contribution in [0.25, 0.3) is 0 Å². The predicted molar refractivity (Wildman–Crippen MR) is 104 cm³/mol. The molecule has 2 rings (SSSR count). The van der Waals surface area contributed by atoms with E-state index in [-0.39, 0.29) is 30.9 Å². The maximum absolute atomic E-state index is 12.1. The lowest BCUT2D eigenvalue weighted by molar-refractivity contribution is -0.137. The number of carbonyl (C=O) groups is 3. The number of hydrogen-bond acceptors (Lipinski definition) is 3. The van der Waals surface area contributed by atoms with E-state index in [2.05, 4.69) is 12.2 Å². The maximum Gasteiger partial charge on any atom is 0.324 e. The van der Waals surface area contributed by atoms with Gasteiger partial charge in [0.1, 0.15) is 6.54 Å². The molecule has 2 fully saturated rings. The van der Waals surface area contributed by atoms with Crippen LogP contribution in [0.15, 0.2) is 0 Å². The van der Waals surface area contributed by atoms with E-state index < -0.39 is 5.97 Å². The molecule has 1 aliphatic heterocycles. The Morgan fingerprint density at radius 2 is 1.74 bits per heavy atom. The van der Waals surface area contributed by atoms with Gasteiger partial charge in [-0.2, -0.15) is 0 Å². The Balaban J connectivity index is 1.87. The highest BCUT2D eigenvalue weighted by molar-refractivity contribution is 6.02. The smallest absolute Gasteiger partial charge is 0.324 e. The van der Waals surface area contributed by atoms with Gasteiger partial charge in [0.15, 0.2) is 0 Å². The summed E-state index contributed by atoms with van der Waals surface area (Å²) in [6.45, 7) is 2.42. The number of nitrogens with one attached hydrogen (secondary N) is 1. The number of unbranched alkanes of at least 4 members (excludes halogenated alkanes) is 6. The van der Waals surface area contributed by atoms with Crippen LogP contribution < -0.4 is 5.32 Å².